The molecule has 58 heavy (non-hydrogen) atoms. The number of carboxylic acid groups (broad SMARTS) is 1. The number of amides is 4. The maximum absolute atomic E-state index is 13.8. The van der Waals surface area contributed by atoms with Gasteiger partial charge in [0.25, 0.3) is 17.9 Å². The van der Waals surface area contributed by atoms with Crippen molar-refractivity contribution in [3.63, 3.8) is 0 Å². The van der Waals surface area contributed by atoms with E-state index in [4.69, 9.17) is 28.7 Å². The summed E-state index contributed by atoms with van der Waals surface area (Å²) in [6.45, 7) is 12.7. The number of nitrogens with one attached hydrogen (secondary N) is 3. The highest BCUT2D eigenvalue weighted by Gasteiger charge is 2.58. The van der Waals surface area contributed by atoms with Crippen LogP contribution in [-0.2, 0) is 43.4 Å². The van der Waals surface area contributed by atoms with Crippen molar-refractivity contribution >= 4 is 89.2 Å². The molecule has 0 bridgehead atoms. The number of esters is 1. The Morgan fingerprint density at radius 3 is 2.33 bits per heavy atom. The monoisotopic (exact) mass is 870 g/mol. The number of hydroxylamine groups is 2. The number of aromatic nitrogens is 2. The fourth-order valence-corrected chi connectivity index (χ4v) is 7.32. The van der Waals surface area contributed by atoms with Crippen LogP contribution in [0.1, 0.15) is 61.1 Å². The van der Waals surface area contributed by atoms with Crippen LogP contribution in [0.15, 0.2) is 28.7 Å². The second kappa shape index (κ2) is 16.5. The molecule has 22 nitrogen and oxygen atoms in total. The van der Waals surface area contributed by atoms with Gasteiger partial charge in [-0.1, -0.05) is 16.5 Å². The molecule has 0 saturated carbocycles. The van der Waals surface area contributed by atoms with Gasteiger partial charge in [-0.15, -0.1) is 15.6 Å². The van der Waals surface area contributed by atoms with Gasteiger partial charge in [-0.2, -0.15) is 13.5 Å². The molecule has 316 valence electrons. The van der Waals surface area contributed by atoms with E-state index in [1.807, 2.05) is 0 Å². The zero-order valence-electron chi connectivity index (χ0n) is 32.4. The Balaban J connectivity index is 1.38. The molecule has 0 spiro atoms. The van der Waals surface area contributed by atoms with Gasteiger partial charge in [-0.25, -0.2) is 24.4 Å². The third-order valence-corrected chi connectivity index (χ3v) is 9.92. The molecular formula is C33H42N8O14S3. The summed E-state index contributed by atoms with van der Waals surface area (Å²) in [5.74, 6) is -2.72. The Hall–Kier alpha value is -5.37. The van der Waals surface area contributed by atoms with E-state index in [-0.39, 0.29) is 16.9 Å². The van der Waals surface area contributed by atoms with Crippen molar-refractivity contribution in [2.45, 2.75) is 90.3 Å². The summed E-state index contributed by atoms with van der Waals surface area (Å²) < 4.78 is 53.5. The van der Waals surface area contributed by atoms with Crippen LogP contribution < -0.4 is 20.7 Å². The number of likely N-dealkylation sites (tertiary alicyclic amines) is 1. The molecule has 2 saturated heterocycles. The summed E-state index contributed by atoms with van der Waals surface area (Å²) in [5, 5.41) is 23.4. The highest BCUT2D eigenvalue weighted by molar-refractivity contribution is 7.80. The standard InChI is InChI=1S/C33H42N8O14S3/c1-31(2,3)52-26(44)20(14-51-17-9-10-18-21(11-17)57-28(35-18)34-16-12-40(13-16)30(46)47)54-39-22(19-15-56-27(36-19)38-29(45)53-32(4,5)6)24(42)37-23-25(43)41(33(23,7)8)55-58(48,49)50/h9-11,15-16,20,23H,12-14H2,1-8H3,(H,34,35)(H,37,42)(H,46,47)(H,36,38,45)(H,48,49,50)/b39-22-/t20?,23-/m1/s1. The number of nitrogens with zero attached hydrogens (tertiary/aromatic N) is 5. The number of β-lactam (4-membered cyclic amide) rings is 1. The highest BCUT2D eigenvalue weighted by atomic mass is 32.3. The van der Waals surface area contributed by atoms with Crippen LogP contribution in [0, 0.1) is 0 Å². The minimum Gasteiger partial charge on any atom is -0.489 e. The summed E-state index contributed by atoms with van der Waals surface area (Å²) in [6, 6.07) is 3.49. The van der Waals surface area contributed by atoms with Crippen molar-refractivity contribution in [2.24, 2.45) is 5.16 Å². The van der Waals surface area contributed by atoms with Gasteiger partial charge < -0.3 is 39.7 Å². The van der Waals surface area contributed by atoms with Crippen LogP contribution in [0.5, 0.6) is 5.75 Å². The number of anilines is 2. The Kier molecular flexibility index (Phi) is 12.4. The SMILES string of the molecule is CC(C)(C)OC(=O)Nc1nc(/C(=N/OC(COc2ccc3nc(NC4CN(C(=O)O)C4)sc3c2)C(=O)OC(C)(C)C)C(=O)N[C@@H]2C(=O)N(OS(=O)(=O)O)C2(C)C)cs1. The molecule has 4 heterocycles. The van der Waals surface area contributed by atoms with Crippen LogP contribution in [-0.4, -0.2) is 128 Å². The normalized spacial score (nSPS) is 17.8. The van der Waals surface area contributed by atoms with Crippen molar-refractivity contribution in [1.29, 1.82) is 0 Å². The van der Waals surface area contributed by atoms with Crippen molar-refractivity contribution in [2.75, 3.05) is 30.3 Å². The molecule has 2 fully saturated rings. The third-order valence-electron chi connectivity index (χ3n) is 7.87. The number of carbonyl (C=O) groups excluding carboxylic acids is 4. The lowest BCUT2D eigenvalue weighted by molar-refractivity contribution is -0.218. The lowest BCUT2D eigenvalue weighted by Gasteiger charge is -2.50. The smallest absolute Gasteiger partial charge is 0.418 e. The van der Waals surface area contributed by atoms with Crippen LogP contribution >= 0.6 is 22.7 Å². The number of thiazole rings is 2. The summed E-state index contributed by atoms with van der Waals surface area (Å²) in [5.41, 5.74) is -3.44. The molecule has 3 aromatic rings. The maximum Gasteiger partial charge on any atom is 0.418 e. The molecule has 2 aromatic heterocycles. The number of rotatable bonds is 14. The number of oxime groups is 1. The van der Waals surface area contributed by atoms with Gasteiger partial charge >= 0.3 is 28.6 Å². The molecule has 0 radical (unpaired) electrons. The second-order valence-corrected chi connectivity index (χ2v) is 18.3. The van der Waals surface area contributed by atoms with Crippen LogP contribution in [0.25, 0.3) is 10.2 Å². The molecule has 2 aliphatic rings. The number of hydrogen-bond acceptors (Lipinski definition) is 18. The summed E-state index contributed by atoms with van der Waals surface area (Å²) in [7, 11) is -5.08. The molecule has 2 atom stereocenters. The van der Waals surface area contributed by atoms with E-state index in [1.54, 1.807) is 59.7 Å². The number of benzene rings is 1. The van der Waals surface area contributed by atoms with Crippen molar-refractivity contribution < 1.29 is 65.4 Å². The zero-order valence-corrected chi connectivity index (χ0v) is 34.9. The Morgan fingerprint density at radius 2 is 1.72 bits per heavy atom. The average Bonchev–Trinajstić information content (AvgIpc) is 3.69. The fourth-order valence-electron chi connectivity index (χ4n) is 5.21. The summed E-state index contributed by atoms with van der Waals surface area (Å²) >= 11 is 2.19. The van der Waals surface area contributed by atoms with Gasteiger partial charge in [-0.3, -0.25) is 19.5 Å². The molecular weight excluding hydrogens is 829 g/mol. The van der Waals surface area contributed by atoms with Crippen molar-refractivity contribution in [1.82, 2.24) is 25.2 Å². The van der Waals surface area contributed by atoms with Gasteiger partial charge in [-0.05, 0) is 73.6 Å². The van der Waals surface area contributed by atoms with Gasteiger partial charge in [0.1, 0.15) is 35.3 Å². The zero-order chi connectivity index (χ0) is 43.0. The predicted octanol–water partition coefficient (Wildman–Crippen LogP) is 3.22. The molecule has 4 amide bonds. The first-order chi connectivity index (χ1) is 26.8. The van der Waals surface area contributed by atoms with E-state index in [0.717, 1.165) is 16.0 Å². The number of hydrogen-bond donors (Lipinski definition) is 5. The molecule has 5 rings (SSSR count). The quantitative estimate of drug-likeness (QED) is 0.0511. The van der Waals surface area contributed by atoms with Gasteiger partial charge in [0.05, 0.1) is 21.8 Å². The van der Waals surface area contributed by atoms with Gasteiger partial charge in [0.2, 0.25) is 0 Å². The fraction of sp³-hybridized carbons (Fsp3) is 0.515. The molecule has 1 unspecified atom stereocenters. The molecule has 25 heteroatoms. The van der Waals surface area contributed by atoms with Gasteiger partial charge in [0, 0.05) is 18.5 Å². The lowest BCUT2D eigenvalue weighted by Crippen LogP contribution is -2.76. The molecule has 0 aliphatic carbocycles. The average molecular weight is 871 g/mol. The van der Waals surface area contributed by atoms with Crippen LogP contribution in [0.3, 0.4) is 0 Å². The minimum atomic E-state index is -5.08. The van der Waals surface area contributed by atoms with E-state index < -0.39 is 81.6 Å². The Labute approximate surface area is 339 Å². The van der Waals surface area contributed by atoms with Crippen LogP contribution in [0.4, 0.5) is 19.9 Å². The van der Waals surface area contributed by atoms with E-state index >= 15 is 0 Å². The molecule has 1 aromatic carbocycles. The number of fused-ring (bicyclic) bond motifs is 1. The highest BCUT2D eigenvalue weighted by Crippen LogP contribution is 2.33. The molecule has 2 aliphatic heterocycles. The Bertz CT molecular complexity index is 2220. The lowest BCUT2D eigenvalue weighted by atomic mass is 9.84. The van der Waals surface area contributed by atoms with E-state index in [1.165, 1.54) is 35.5 Å². The first-order valence-electron chi connectivity index (χ1n) is 17.3. The first kappa shape index (κ1) is 43.7. The van der Waals surface area contributed by atoms with Crippen molar-refractivity contribution in [3.8, 4) is 5.75 Å². The summed E-state index contributed by atoms with van der Waals surface area (Å²) in [4.78, 5) is 79.2. The topological polar surface area (TPSA) is 287 Å². The minimum absolute atomic E-state index is 0.0173. The number of carbonyl (C=O) groups is 5. The second-order valence-electron chi connectivity index (χ2n) is 15.4. The largest absolute Gasteiger partial charge is 0.489 e. The van der Waals surface area contributed by atoms with E-state index in [0.29, 0.717) is 34.6 Å². The van der Waals surface area contributed by atoms with E-state index in [2.05, 4.69) is 35.4 Å². The number of ether oxygens (including phenoxy) is 3. The third kappa shape index (κ3) is 11.2. The van der Waals surface area contributed by atoms with E-state index in [9.17, 15) is 32.4 Å². The molecule has 5 N–H and O–H groups in total. The van der Waals surface area contributed by atoms with Gasteiger partial charge in [0.15, 0.2) is 16.0 Å². The Morgan fingerprint density at radius 1 is 1.05 bits per heavy atom. The maximum atomic E-state index is 13.8. The predicted molar refractivity (Wildman–Crippen MR) is 207 cm³/mol. The van der Waals surface area contributed by atoms with Crippen LogP contribution in [0.2, 0.25) is 0 Å². The van der Waals surface area contributed by atoms with Crippen molar-refractivity contribution in [3.05, 3.63) is 29.3 Å². The first-order valence-corrected chi connectivity index (χ1v) is 20.4. The summed E-state index contributed by atoms with van der Waals surface area (Å²) in [6.07, 6.45) is -3.43.